The molecule has 0 aliphatic carbocycles. The van der Waals surface area contributed by atoms with Crippen LogP contribution < -0.4 is 51.4 Å². The molecule has 16 valence electrons. The molecule has 0 rings (SSSR count). The zero-order valence-corrected chi connectivity index (χ0v) is 6.30. The van der Waals surface area contributed by atoms with Gasteiger partial charge >= 0.3 is 51.4 Å². The van der Waals surface area contributed by atoms with Crippen LogP contribution in [-0.2, 0) is 12.6 Å². The summed E-state index contributed by atoms with van der Waals surface area (Å²) in [6.07, 6.45) is 0. The van der Waals surface area contributed by atoms with Gasteiger partial charge in [0.05, 0.1) is 0 Å². The molecule has 0 unspecified atom stereocenters. The molecule has 0 spiro atoms. The standard InChI is InChI=1S/CHNS.K/c2-1-3;/h3H;/q;+1/p-1/i2+1;. The Labute approximate surface area is 73.2 Å². The minimum Gasteiger partial charge on any atom is -0.696 e. The van der Waals surface area contributed by atoms with Crippen molar-refractivity contribution in [3.8, 4) is 5.40 Å². The molecular formula is CKNS. The molecule has 0 saturated heterocycles. The third kappa shape index (κ3) is 10.2. The van der Waals surface area contributed by atoms with E-state index in [-0.39, 0.29) is 51.4 Å². The van der Waals surface area contributed by atoms with Crippen LogP contribution in [0.15, 0.2) is 0 Å². The average molecular weight is 98.2 g/mol. The maximum Gasteiger partial charge on any atom is 1.00 e. The zero-order chi connectivity index (χ0) is 2.71. The molecule has 0 aromatic heterocycles. The minimum absolute atomic E-state index is 0. The molecule has 0 radical (unpaired) electrons. The van der Waals surface area contributed by atoms with Crippen molar-refractivity contribution >= 4 is 12.6 Å². The molecule has 0 aromatic rings. The van der Waals surface area contributed by atoms with Crippen molar-refractivity contribution in [3.63, 3.8) is 0 Å². The fraction of sp³-hybridized carbons (Fsp3) is 0. The third-order valence-corrected chi connectivity index (χ3v) is 0. The topological polar surface area (TPSA) is 23.8 Å². The largest absolute Gasteiger partial charge is 1.00 e. The predicted molar refractivity (Wildman–Crippen MR) is 13.0 cm³/mol. The van der Waals surface area contributed by atoms with Crippen LogP contribution in [0.2, 0.25) is 0 Å². The molecule has 0 fully saturated rings. The van der Waals surface area contributed by atoms with Gasteiger partial charge in [0.15, 0.2) is 0 Å². The fourth-order valence-corrected chi connectivity index (χ4v) is 0. The summed E-state index contributed by atoms with van der Waals surface area (Å²) in [6, 6.07) is 0. The van der Waals surface area contributed by atoms with Gasteiger partial charge in [-0.25, -0.2) is 5.26 Å². The van der Waals surface area contributed by atoms with E-state index in [4.69, 9.17) is 5.26 Å². The Morgan fingerprint density at radius 3 is 1.75 bits per heavy atom. The first-order valence-corrected chi connectivity index (χ1v) is 0.836. The molecule has 0 saturated carbocycles. The van der Waals surface area contributed by atoms with E-state index in [1.54, 1.807) is 0 Å². The van der Waals surface area contributed by atoms with Crippen molar-refractivity contribution in [1.82, 2.24) is 0 Å². The summed E-state index contributed by atoms with van der Waals surface area (Å²) in [4.78, 5) is 0. The van der Waals surface area contributed by atoms with Gasteiger partial charge in [-0.1, -0.05) is 5.40 Å². The van der Waals surface area contributed by atoms with Crippen molar-refractivity contribution in [3.05, 3.63) is 0 Å². The van der Waals surface area contributed by atoms with E-state index in [1.807, 2.05) is 0 Å². The van der Waals surface area contributed by atoms with Crippen molar-refractivity contribution in [2.24, 2.45) is 0 Å². The van der Waals surface area contributed by atoms with Gasteiger partial charge in [-0.05, 0) is 0 Å². The molecule has 0 aromatic carbocycles. The third-order valence-electron chi connectivity index (χ3n) is 0. The average Bonchev–Trinajstić information content (AvgIpc) is 0.918. The van der Waals surface area contributed by atoms with E-state index in [1.165, 1.54) is 5.40 Å². The Morgan fingerprint density at radius 2 is 1.75 bits per heavy atom. The summed E-state index contributed by atoms with van der Waals surface area (Å²) >= 11 is 3.70. The van der Waals surface area contributed by atoms with Crippen LogP contribution in [0, 0.1) is 10.7 Å². The van der Waals surface area contributed by atoms with Gasteiger partial charge in [0.2, 0.25) is 0 Å². The zero-order valence-electron chi connectivity index (χ0n) is 2.36. The van der Waals surface area contributed by atoms with Crippen molar-refractivity contribution in [2.75, 3.05) is 0 Å². The second-order valence-electron chi connectivity index (χ2n) is 0.0913. The molecule has 0 N–H and O–H groups in total. The number of hydrogen-bond acceptors (Lipinski definition) is 2. The maximum atomic E-state index is 7.13. The normalized spacial score (nSPS) is 1.75. The van der Waals surface area contributed by atoms with Gasteiger partial charge in [-0.15, -0.1) is 0 Å². The van der Waals surface area contributed by atoms with Crippen LogP contribution in [0.1, 0.15) is 0 Å². The Hall–Kier alpha value is 1.35. The van der Waals surface area contributed by atoms with Gasteiger partial charge in [0.1, 0.15) is 0 Å². The summed E-state index contributed by atoms with van der Waals surface area (Å²) in [6.45, 7) is 0. The molecule has 4 heavy (non-hydrogen) atoms. The van der Waals surface area contributed by atoms with E-state index >= 15 is 0 Å². The Morgan fingerprint density at radius 1 is 1.75 bits per heavy atom. The number of rotatable bonds is 0. The molecule has 0 amide bonds. The van der Waals surface area contributed by atoms with Crippen molar-refractivity contribution in [1.29, 1.82) is 5.26 Å². The second kappa shape index (κ2) is 8.84. The Kier molecular flexibility index (Phi) is 19.9. The summed E-state index contributed by atoms with van der Waals surface area (Å²) < 4.78 is 0. The summed E-state index contributed by atoms with van der Waals surface area (Å²) in [5, 5.41) is 8.47. The summed E-state index contributed by atoms with van der Waals surface area (Å²) in [7, 11) is 0. The number of nitrogens with zero attached hydrogens (tertiary/aromatic N) is 1. The minimum atomic E-state index is 0. The van der Waals surface area contributed by atoms with Crippen LogP contribution in [0.3, 0.4) is 0 Å². The van der Waals surface area contributed by atoms with E-state index in [0.29, 0.717) is 0 Å². The van der Waals surface area contributed by atoms with Crippen LogP contribution in [0.5, 0.6) is 0 Å². The molecule has 0 heterocycles. The number of thiocyanates is 1. The summed E-state index contributed by atoms with van der Waals surface area (Å²) in [5.74, 6) is 0. The van der Waals surface area contributed by atoms with E-state index < -0.39 is 0 Å². The van der Waals surface area contributed by atoms with E-state index in [0.717, 1.165) is 0 Å². The molecule has 0 bridgehead atoms. The SMILES string of the molecule is [15N]#C[S-].[K+]. The van der Waals surface area contributed by atoms with Crippen molar-refractivity contribution < 1.29 is 51.4 Å². The van der Waals surface area contributed by atoms with E-state index in [9.17, 15) is 0 Å². The number of hydrogen-bond donors (Lipinski definition) is 0. The first-order chi connectivity index (χ1) is 1.41. The van der Waals surface area contributed by atoms with Crippen LogP contribution in [0.4, 0.5) is 0 Å². The maximum absolute atomic E-state index is 7.13. The van der Waals surface area contributed by atoms with E-state index in [2.05, 4.69) is 12.6 Å². The molecule has 0 atom stereocenters. The smallest absolute Gasteiger partial charge is 0.696 e. The molecule has 1 nitrogen and oxygen atoms in total. The Bertz CT molecular complexity index is 29.5. The molecule has 0 aliphatic heterocycles. The predicted octanol–water partition coefficient (Wildman–Crippen LogP) is -2.98. The second-order valence-corrected chi connectivity index (χ2v) is 0.274. The van der Waals surface area contributed by atoms with Crippen LogP contribution in [-0.4, -0.2) is 0 Å². The van der Waals surface area contributed by atoms with Crippen LogP contribution >= 0.6 is 0 Å². The van der Waals surface area contributed by atoms with Gasteiger partial charge in [-0.2, -0.15) is 0 Å². The molecule has 0 aliphatic rings. The molecular weight excluding hydrogens is 98.2 g/mol. The van der Waals surface area contributed by atoms with Gasteiger partial charge in [0.25, 0.3) is 0 Å². The molecule has 3 heteroatoms. The monoisotopic (exact) mass is 97.9 g/mol. The fourth-order valence-electron chi connectivity index (χ4n) is 0. The van der Waals surface area contributed by atoms with Crippen molar-refractivity contribution in [2.45, 2.75) is 0 Å². The quantitative estimate of drug-likeness (QED) is 0.140. The first-order valence-electron chi connectivity index (χ1n) is 0.428. The van der Waals surface area contributed by atoms with Gasteiger partial charge < -0.3 is 12.6 Å². The number of nitriles is 1. The van der Waals surface area contributed by atoms with Crippen LogP contribution in [0.25, 0.3) is 0 Å². The first kappa shape index (κ1) is 9.02. The van der Waals surface area contributed by atoms with Gasteiger partial charge in [0, 0.05) is 0 Å². The Balaban J connectivity index is 0. The van der Waals surface area contributed by atoms with Gasteiger partial charge in [-0.3, -0.25) is 0 Å². The summed E-state index contributed by atoms with van der Waals surface area (Å²) in [5.41, 5.74) is 0.